The van der Waals surface area contributed by atoms with E-state index in [1.165, 1.54) is 6.42 Å². The summed E-state index contributed by atoms with van der Waals surface area (Å²) >= 11 is 0. The van der Waals surface area contributed by atoms with Crippen molar-refractivity contribution < 1.29 is 9.53 Å². The zero-order chi connectivity index (χ0) is 21.3. The third-order valence-corrected chi connectivity index (χ3v) is 6.56. The Balaban J connectivity index is 1.47. The first-order valence-electron chi connectivity index (χ1n) is 12.0. The number of morpholine rings is 1. The molecule has 2 atom stereocenters. The van der Waals surface area contributed by atoms with Crippen LogP contribution in [0.25, 0.3) is 0 Å². The molecule has 0 spiro atoms. The standard InChI is InChI=1S/C22H42N6O2/c1-4-23-22(24-16-19(2)28-14-15-30-18-20(28)3)27-12-10-25(11-13-27)17-21(29)26-8-6-5-7-9-26/h19-20H,4-18H2,1-3H3,(H,23,24). The maximum Gasteiger partial charge on any atom is 0.236 e. The van der Waals surface area contributed by atoms with Crippen LogP contribution in [0.5, 0.6) is 0 Å². The van der Waals surface area contributed by atoms with Crippen molar-refractivity contribution in [3.8, 4) is 0 Å². The van der Waals surface area contributed by atoms with Crippen LogP contribution in [-0.2, 0) is 9.53 Å². The topological polar surface area (TPSA) is 63.7 Å². The predicted octanol–water partition coefficient (Wildman–Crippen LogP) is 0.691. The van der Waals surface area contributed by atoms with E-state index in [-0.39, 0.29) is 0 Å². The van der Waals surface area contributed by atoms with Gasteiger partial charge in [-0.3, -0.25) is 19.6 Å². The molecule has 2 unspecified atom stereocenters. The first-order chi connectivity index (χ1) is 14.6. The summed E-state index contributed by atoms with van der Waals surface area (Å²) in [7, 11) is 0. The smallest absolute Gasteiger partial charge is 0.236 e. The summed E-state index contributed by atoms with van der Waals surface area (Å²) < 4.78 is 5.57. The van der Waals surface area contributed by atoms with Gasteiger partial charge < -0.3 is 19.9 Å². The van der Waals surface area contributed by atoms with Crippen LogP contribution >= 0.6 is 0 Å². The van der Waals surface area contributed by atoms with Crippen LogP contribution in [0.15, 0.2) is 4.99 Å². The summed E-state index contributed by atoms with van der Waals surface area (Å²) in [6.45, 7) is 17.0. The van der Waals surface area contributed by atoms with Crippen LogP contribution in [0, 0.1) is 0 Å². The molecule has 8 nitrogen and oxygen atoms in total. The fourth-order valence-corrected chi connectivity index (χ4v) is 4.70. The highest BCUT2D eigenvalue weighted by molar-refractivity contribution is 5.80. The number of rotatable bonds is 6. The molecule has 3 rings (SSSR count). The van der Waals surface area contributed by atoms with Gasteiger partial charge in [0.05, 0.1) is 26.3 Å². The highest BCUT2D eigenvalue weighted by Crippen LogP contribution is 2.12. The average Bonchev–Trinajstić information content (AvgIpc) is 2.78. The number of hydrogen-bond acceptors (Lipinski definition) is 5. The molecule has 1 amide bonds. The molecule has 3 saturated heterocycles. The zero-order valence-corrected chi connectivity index (χ0v) is 19.3. The number of amides is 1. The second kappa shape index (κ2) is 11.9. The number of piperazine rings is 1. The Morgan fingerprint density at radius 3 is 2.47 bits per heavy atom. The quantitative estimate of drug-likeness (QED) is 0.502. The Bertz CT molecular complexity index is 558. The molecular weight excluding hydrogens is 380 g/mol. The molecule has 3 fully saturated rings. The number of likely N-dealkylation sites (tertiary alicyclic amines) is 1. The van der Waals surface area contributed by atoms with E-state index in [0.717, 1.165) is 90.9 Å². The molecule has 3 aliphatic rings. The van der Waals surface area contributed by atoms with E-state index in [9.17, 15) is 4.79 Å². The van der Waals surface area contributed by atoms with Crippen LogP contribution < -0.4 is 5.32 Å². The maximum atomic E-state index is 12.6. The van der Waals surface area contributed by atoms with Crippen molar-refractivity contribution in [3.05, 3.63) is 0 Å². The van der Waals surface area contributed by atoms with Gasteiger partial charge in [-0.25, -0.2) is 0 Å². The minimum atomic E-state index is 0.303. The van der Waals surface area contributed by atoms with Gasteiger partial charge in [0.25, 0.3) is 0 Å². The SMILES string of the molecule is CCNC(=NCC(C)N1CCOCC1C)N1CCN(CC(=O)N2CCCCC2)CC1. The van der Waals surface area contributed by atoms with E-state index >= 15 is 0 Å². The van der Waals surface area contributed by atoms with E-state index in [1.54, 1.807) is 0 Å². The van der Waals surface area contributed by atoms with Gasteiger partial charge in [0.15, 0.2) is 5.96 Å². The van der Waals surface area contributed by atoms with Gasteiger partial charge in [-0.05, 0) is 40.0 Å². The Kier molecular flexibility index (Phi) is 9.21. The summed E-state index contributed by atoms with van der Waals surface area (Å²) in [6.07, 6.45) is 3.57. The summed E-state index contributed by atoms with van der Waals surface area (Å²) in [5.41, 5.74) is 0. The molecule has 0 aromatic rings. The summed E-state index contributed by atoms with van der Waals surface area (Å²) in [5, 5.41) is 3.47. The van der Waals surface area contributed by atoms with Crippen LogP contribution in [0.3, 0.4) is 0 Å². The number of guanidine groups is 1. The van der Waals surface area contributed by atoms with Crippen molar-refractivity contribution in [1.82, 2.24) is 24.9 Å². The number of ether oxygens (including phenoxy) is 1. The summed E-state index contributed by atoms with van der Waals surface area (Å²) in [6, 6.07) is 0.855. The third kappa shape index (κ3) is 6.56. The maximum absolute atomic E-state index is 12.6. The van der Waals surface area contributed by atoms with Gasteiger partial charge in [0, 0.05) is 64.4 Å². The van der Waals surface area contributed by atoms with Crippen LogP contribution in [0.4, 0.5) is 0 Å². The van der Waals surface area contributed by atoms with Crippen molar-refractivity contribution in [2.24, 2.45) is 4.99 Å². The molecular formula is C22H42N6O2. The molecule has 0 aliphatic carbocycles. The van der Waals surface area contributed by atoms with E-state index in [1.807, 2.05) is 0 Å². The van der Waals surface area contributed by atoms with Gasteiger partial charge >= 0.3 is 0 Å². The van der Waals surface area contributed by atoms with Gasteiger partial charge in [-0.15, -0.1) is 0 Å². The van der Waals surface area contributed by atoms with Gasteiger partial charge in [-0.1, -0.05) is 0 Å². The molecule has 0 radical (unpaired) electrons. The van der Waals surface area contributed by atoms with Crippen LogP contribution in [0.2, 0.25) is 0 Å². The van der Waals surface area contributed by atoms with Crippen molar-refractivity contribution in [3.63, 3.8) is 0 Å². The number of aliphatic imine (C=N–C) groups is 1. The number of nitrogens with zero attached hydrogens (tertiary/aromatic N) is 5. The van der Waals surface area contributed by atoms with Crippen molar-refractivity contribution >= 4 is 11.9 Å². The zero-order valence-electron chi connectivity index (χ0n) is 19.3. The number of piperidine rings is 1. The summed E-state index contributed by atoms with van der Waals surface area (Å²) in [4.78, 5) is 26.7. The van der Waals surface area contributed by atoms with Crippen LogP contribution in [-0.4, -0.2) is 122 Å². The number of carbonyl (C=O) groups excluding carboxylic acids is 1. The number of hydrogen-bond donors (Lipinski definition) is 1. The number of carbonyl (C=O) groups is 1. The van der Waals surface area contributed by atoms with E-state index in [4.69, 9.17) is 9.73 Å². The Morgan fingerprint density at radius 1 is 1.07 bits per heavy atom. The monoisotopic (exact) mass is 422 g/mol. The Labute approximate surface area is 182 Å². The molecule has 8 heteroatoms. The summed E-state index contributed by atoms with van der Waals surface area (Å²) in [5.74, 6) is 1.31. The van der Waals surface area contributed by atoms with Gasteiger partial charge in [0.1, 0.15) is 0 Å². The Morgan fingerprint density at radius 2 is 1.80 bits per heavy atom. The third-order valence-electron chi connectivity index (χ3n) is 6.56. The second-order valence-electron chi connectivity index (χ2n) is 8.91. The average molecular weight is 423 g/mol. The fourth-order valence-electron chi connectivity index (χ4n) is 4.70. The van der Waals surface area contributed by atoms with Gasteiger partial charge in [0.2, 0.25) is 5.91 Å². The van der Waals surface area contributed by atoms with Crippen molar-refractivity contribution in [2.75, 3.05) is 78.7 Å². The fraction of sp³-hybridized carbons (Fsp3) is 0.909. The lowest BCUT2D eigenvalue weighted by Gasteiger charge is -2.38. The molecule has 0 aromatic heterocycles. The molecule has 0 saturated carbocycles. The van der Waals surface area contributed by atoms with Gasteiger partial charge in [-0.2, -0.15) is 0 Å². The van der Waals surface area contributed by atoms with Crippen molar-refractivity contribution in [2.45, 2.75) is 52.1 Å². The highest BCUT2D eigenvalue weighted by Gasteiger charge is 2.26. The second-order valence-corrected chi connectivity index (χ2v) is 8.91. The lowest BCUT2D eigenvalue weighted by Crippen LogP contribution is -2.55. The Hall–Kier alpha value is -1.38. The van der Waals surface area contributed by atoms with E-state index in [2.05, 4.69) is 45.7 Å². The normalized spacial score (nSPS) is 26.0. The first-order valence-corrected chi connectivity index (χ1v) is 12.0. The molecule has 1 N–H and O–H groups in total. The van der Waals surface area contributed by atoms with Crippen LogP contribution in [0.1, 0.15) is 40.0 Å². The minimum Gasteiger partial charge on any atom is -0.379 e. The molecule has 0 bridgehead atoms. The van der Waals surface area contributed by atoms with Crippen molar-refractivity contribution in [1.29, 1.82) is 0 Å². The molecule has 30 heavy (non-hydrogen) atoms. The minimum absolute atomic E-state index is 0.303. The lowest BCUT2D eigenvalue weighted by atomic mass is 10.1. The predicted molar refractivity (Wildman–Crippen MR) is 121 cm³/mol. The van der Waals surface area contributed by atoms with E-state index < -0.39 is 0 Å². The molecule has 0 aromatic carbocycles. The highest BCUT2D eigenvalue weighted by atomic mass is 16.5. The van der Waals surface area contributed by atoms with E-state index in [0.29, 0.717) is 24.5 Å². The molecule has 3 aliphatic heterocycles. The molecule has 3 heterocycles. The number of nitrogens with one attached hydrogen (secondary N) is 1. The lowest BCUT2D eigenvalue weighted by molar-refractivity contribution is -0.133. The molecule has 172 valence electrons. The largest absolute Gasteiger partial charge is 0.379 e. The first kappa shape index (κ1) is 23.3.